The summed E-state index contributed by atoms with van der Waals surface area (Å²) in [5, 5.41) is 7.27. The summed E-state index contributed by atoms with van der Waals surface area (Å²) < 4.78 is 41.0. The molecule has 0 radical (unpaired) electrons. The molecule has 0 aliphatic rings. The van der Waals surface area contributed by atoms with Gasteiger partial charge in [0.15, 0.2) is 0 Å². The third kappa shape index (κ3) is 5.84. The van der Waals surface area contributed by atoms with Crippen LogP contribution in [-0.4, -0.2) is 22.2 Å². The summed E-state index contributed by atoms with van der Waals surface area (Å²) >= 11 is 0. The summed E-state index contributed by atoms with van der Waals surface area (Å²) in [5.41, 5.74) is 2.60. The minimum Gasteiger partial charge on any atom is -0.356 e. The SMILES string of the molecule is Cc1nn(CC(C)C)c(C)c1CCC(=O)NCCc1ccccc1C(F)(F)F. The molecule has 0 aliphatic carbocycles. The molecule has 1 heterocycles. The van der Waals surface area contributed by atoms with Gasteiger partial charge in [0.25, 0.3) is 0 Å². The minimum atomic E-state index is -4.38. The van der Waals surface area contributed by atoms with Gasteiger partial charge in [-0.25, -0.2) is 0 Å². The van der Waals surface area contributed by atoms with E-state index in [4.69, 9.17) is 0 Å². The Kier molecular flexibility index (Phi) is 7.27. The van der Waals surface area contributed by atoms with Crippen molar-refractivity contribution in [3.05, 3.63) is 52.3 Å². The van der Waals surface area contributed by atoms with E-state index in [-0.39, 0.29) is 30.9 Å². The highest BCUT2D eigenvalue weighted by molar-refractivity contribution is 5.76. The van der Waals surface area contributed by atoms with Crippen molar-refractivity contribution >= 4 is 5.91 Å². The highest BCUT2D eigenvalue weighted by Gasteiger charge is 2.32. The maximum Gasteiger partial charge on any atom is 0.416 e. The molecule has 1 aromatic heterocycles. The average molecular weight is 395 g/mol. The zero-order valence-electron chi connectivity index (χ0n) is 16.9. The quantitative estimate of drug-likeness (QED) is 0.717. The number of aromatic nitrogens is 2. The van der Waals surface area contributed by atoms with Crippen LogP contribution in [0.25, 0.3) is 0 Å². The monoisotopic (exact) mass is 395 g/mol. The van der Waals surface area contributed by atoms with E-state index in [1.165, 1.54) is 12.1 Å². The first kappa shape index (κ1) is 22.0. The molecule has 1 aromatic carbocycles. The Balaban J connectivity index is 1.87. The standard InChI is InChI=1S/C21H28F3N3O/c1-14(2)13-27-16(4)18(15(3)26-27)9-10-20(28)25-12-11-17-7-5-6-8-19(17)21(22,23)24/h5-8,14H,9-13H2,1-4H3,(H,25,28). The Morgan fingerprint density at radius 2 is 1.86 bits per heavy atom. The minimum absolute atomic E-state index is 0.145. The van der Waals surface area contributed by atoms with Gasteiger partial charge in [0.1, 0.15) is 0 Å². The number of hydrogen-bond acceptors (Lipinski definition) is 2. The van der Waals surface area contributed by atoms with E-state index in [1.807, 2.05) is 18.5 Å². The summed E-state index contributed by atoms with van der Waals surface area (Å²) in [6, 6.07) is 5.46. The van der Waals surface area contributed by atoms with Crippen molar-refractivity contribution in [1.82, 2.24) is 15.1 Å². The predicted molar refractivity (Wildman–Crippen MR) is 103 cm³/mol. The summed E-state index contributed by atoms with van der Waals surface area (Å²) in [5.74, 6) is 0.314. The molecule has 0 unspecified atom stereocenters. The molecule has 28 heavy (non-hydrogen) atoms. The number of benzene rings is 1. The lowest BCUT2D eigenvalue weighted by Gasteiger charge is -2.13. The molecular formula is C21H28F3N3O. The van der Waals surface area contributed by atoms with E-state index in [0.717, 1.165) is 29.6 Å². The smallest absolute Gasteiger partial charge is 0.356 e. The van der Waals surface area contributed by atoms with Crippen molar-refractivity contribution in [1.29, 1.82) is 0 Å². The molecule has 7 heteroatoms. The Hall–Kier alpha value is -2.31. The lowest BCUT2D eigenvalue weighted by molar-refractivity contribution is -0.138. The van der Waals surface area contributed by atoms with Crippen LogP contribution in [0.15, 0.2) is 24.3 Å². The zero-order valence-corrected chi connectivity index (χ0v) is 16.9. The van der Waals surface area contributed by atoms with Gasteiger partial charge in [-0.15, -0.1) is 0 Å². The van der Waals surface area contributed by atoms with E-state index < -0.39 is 11.7 Å². The molecule has 0 aliphatic heterocycles. The number of amides is 1. The van der Waals surface area contributed by atoms with Crippen molar-refractivity contribution in [3.8, 4) is 0 Å². The average Bonchev–Trinajstić information content (AvgIpc) is 2.85. The van der Waals surface area contributed by atoms with Gasteiger partial charge in [0.2, 0.25) is 5.91 Å². The van der Waals surface area contributed by atoms with Crippen molar-refractivity contribution in [2.75, 3.05) is 6.54 Å². The normalized spacial score (nSPS) is 11.9. The van der Waals surface area contributed by atoms with Crippen LogP contribution in [0.3, 0.4) is 0 Å². The first-order valence-electron chi connectivity index (χ1n) is 9.54. The number of alkyl halides is 3. The number of carbonyl (C=O) groups is 1. The fourth-order valence-corrected chi connectivity index (χ4v) is 3.30. The number of rotatable bonds is 8. The molecule has 0 bridgehead atoms. The zero-order chi connectivity index (χ0) is 20.9. The fraction of sp³-hybridized carbons (Fsp3) is 0.524. The molecule has 2 rings (SSSR count). The summed E-state index contributed by atoms with van der Waals surface area (Å²) in [6.07, 6.45) is -3.38. The molecule has 0 spiro atoms. The van der Waals surface area contributed by atoms with Crippen LogP contribution in [-0.2, 0) is 30.4 Å². The maximum absolute atomic E-state index is 13.0. The van der Waals surface area contributed by atoms with Crippen molar-refractivity contribution < 1.29 is 18.0 Å². The van der Waals surface area contributed by atoms with E-state index in [1.54, 1.807) is 6.07 Å². The second-order valence-corrected chi connectivity index (χ2v) is 7.48. The molecule has 2 aromatic rings. The first-order valence-corrected chi connectivity index (χ1v) is 9.54. The van der Waals surface area contributed by atoms with Crippen molar-refractivity contribution in [2.24, 2.45) is 5.92 Å². The molecule has 4 nitrogen and oxygen atoms in total. The lowest BCUT2D eigenvalue weighted by atomic mass is 10.0. The van der Waals surface area contributed by atoms with Crippen LogP contribution in [0.1, 0.15) is 48.3 Å². The highest BCUT2D eigenvalue weighted by Crippen LogP contribution is 2.31. The van der Waals surface area contributed by atoms with Crippen LogP contribution in [0.4, 0.5) is 13.2 Å². The van der Waals surface area contributed by atoms with Crippen molar-refractivity contribution in [2.45, 2.75) is 59.7 Å². The van der Waals surface area contributed by atoms with Gasteiger partial charge < -0.3 is 5.32 Å². The second kappa shape index (κ2) is 9.26. The Morgan fingerprint density at radius 1 is 1.18 bits per heavy atom. The number of nitrogens with one attached hydrogen (secondary N) is 1. The molecule has 0 atom stereocenters. The number of halogens is 3. The predicted octanol–water partition coefficient (Wildman–Crippen LogP) is 4.47. The summed E-state index contributed by atoms with van der Waals surface area (Å²) in [6.45, 7) is 9.20. The molecule has 0 saturated carbocycles. The van der Waals surface area contributed by atoms with Crippen LogP contribution in [0, 0.1) is 19.8 Å². The van der Waals surface area contributed by atoms with Crippen LogP contribution < -0.4 is 5.32 Å². The number of carbonyl (C=O) groups excluding carboxylic acids is 1. The Bertz CT molecular complexity index is 810. The summed E-state index contributed by atoms with van der Waals surface area (Å²) in [7, 11) is 0. The van der Waals surface area contributed by atoms with Gasteiger partial charge in [0.05, 0.1) is 11.3 Å². The Labute approximate surface area is 164 Å². The molecule has 154 valence electrons. The highest BCUT2D eigenvalue weighted by atomic mass is 19.4. The largest absolute Gasteiger partial charge is 0.416 e. The van der Waals surface area contributed by atoms with Gasteiger partial charge in [-0.1, -0.05) is 32.0 Å². The molecule has 1 amide bonds. The topological polar surface area (TPSA) is 46.9 Å². The summed E-state index contributed by atoms with van der Waals surface area (Å²) in [4.78, 5) is 12.1. The van der Waals surface area contributed by atoms with Gasteiger partial charge in [-0.2, -0.15) is 18.3 Å². The van der Waals surface area contributed by atoms with E-state index in [2.05, 4.69) is 24.3 Å². The molecular weight excluding hydrogens is 367 g/mol. The van der Waals surface area contributed by atoms with Crippen LogP contribution in [0.2, 0.25) is 0 Å². The third-order valence-corrected chi connectivity index (χ3v) is 4.71. The first-order chi connectivity index (χ1) is 13.1. The number of aryl methyl sites for hydroxylation is 1. The third-order valence-electron chi connectivity index (χ3n) is 4.71. The second-order valence-electron chi connectivity index (χ2n) is 7.48. The lowest BCUT2D eigenvalue weighted by Crippen LogP contribution is -2.26. The number of nitrogens with zero attached hydrogens (tertiary/aromatic N) is 2. The maximum atomic E-state index is 13.0. The van der Waals surface area contributed by atoms with Crippen LogP contribution in [0.5, 0.6) is 0 Å². The van der Waals surface area contributed by atoms with Gasteiger partial charge in [-0.05, 0) is 49.8 Å². The molecule has 0 fully saturated rings. The number of hydrogen-bond donors (Lipinski definition) is 1. The van der Waals surface area contributed by atoms with Gasteiger partial charge in [-0.3, -0.25) is 9.48 Å². The molecule has 1 N–H and O–H groups in total. The van der Waals surface area contributed by atoms with E-state index in [9.17, 15) is 18.0 Å². The van der Waals surface area contributed by atoms with E-state index in [0.29, 0.717) is 12.3 Å². The van der Waals surface area contributed by atoms with E-state index >= 15 is 0 Å². The van der Waals surface area contributed by atoms with Gasteiger partial charge >= 0.3 is 6.18 Å². The van der Waals surface area contributed by atoms with Gasteiger partial charge in [0, 0.05) is 25.2 Å². The molecule has 0 saturated heterocycles. The van der Waals surface area contributed by atoms with Crippen LogP contribution >= 0.6 is 0 Å². The van der Waals surface area contributed by atoms with Crippen molar-refractivity contribution in [3.63, 3.8) is 0 Å². The Morgan fingerprint density at radius 3 is 2.50 bits per heavy atom. The fourth-order valence-electron chi connectivity index (χ4n) is 3.30.